The molecule has 1 saturated heterocycles. The first-order valence-corrected chi connectivity index (χ1v) is 12.3. The molecule has 200 valence electrons. The van der Waals surface area contributed by atoms with Crippen LogP contribution in [0.5, 0.6) is 0 Å². The van der Waals surface area contributed by atoms with Crippen LogP contribution < -0.4 is 9.80 Å². The van der Waals surface area contributed by atoms with Crippen LogP contribution in [0.2, 0.25) is 0 Å². The Hall–Kier alpha value is -4.54. The number of alkyl halides is 1. The number of anilines is 2. The number of oxazole rings is 1. The molecule has 0 saturated carbocycles. The van der Waals surface area contributed by atoms with Crippen molar-refractivity contribution in [2.24, 2.45) is 0 Å². The third kappa shape index (κ3) is 7.07. The molecule has 13 heteroatoms. The van der Waals surface area contributed by atoms with Gasteiger partial charge in [0.1, 0.15) is 25.0 Å². The van der Waals surface area contributed by atoms with Crippen molar-refractivity contribution in [1.29, 1.82) is 0 Å². The molecule has 1 fully saturated rings. The number of nitrogens with zero attached hydrogens (tertiary/aromatic N) is 9. The van der Waals surface area contributed by atoms with Gasteiger partial charge in [-0.1, -0.05) is 11.8 Å². The molecule has 0 aromatic carbocycles. The molecule has 12 nitrogen and oxygen atoms in total. The van der Waals surface area contributed by atoms with Gasteiger partial charge in [0, 0.05) is 43.8 Å². The molecule has 0 bridgehead atoms. The molecule has 1 atom stereocenters. The maximum absolute atomic E-state index is 12.2. The van der Waals surface area contributed by atoms with Crippen LogP contribution in [-0.2, 0) is 9.47 Å². The van der Waals surface area contributed by atoms with Gasteiger partial charge in [-0.25, -0.2) is 34.3 Å². The minimum atomic E-state index is -0.510. The summed E-state index contributed by atoms with van der Waals surface area (Å²) in [6, 6.07) is 3.64. The summed E-state index contributed by atoms with van der Waals surface area (Å²) < 4.78 is 28.4. The molecule has 5 rings (SSSR count). The maximum atomic E-state index is 12.2. The lowest BCUT2D eigenvalue weighted by atomic mass is 10.2. The van der Waals surface area contributed by atoms with E-state index in [4.69, 9.17) is 13.9 Å². The summed E-state index contributed by atoms with van der Waals surface area (Å²) in [5.41, 5.74) is 2.14. The molecule has 0 aliphatic carbocycles. The summed E-state index contributed by atoms with van der Waals surface area (Å²) in [6.07, 6.45) is 11.0. The molecule has 1 aliphatic heterocycles. The van der Waals surface area contributed by atoms with E-state index in [9.17, 15) is 4.39 Å². The van der Waals surface area contributed by atoms with Gasteiger partial charge in [-0.05, 0) is 12.1 Å². The van der Waals surface area contributed by atoms with Crippen LogP contribution in [-0.4, -0.2) is 93.7 Å². The van der Waals surface area contributed by atoms with Crippen LogP contribution >= 0.6 is 0 Å². The first kappa shape index (κ1) is 26.1. The summed E-state index contributed by atoms with van der Waals surface area (Å²) in [7, 11) is 0. The Morgan fingerprint density at radius 1 is 0.846 bits per heavy atom. The Balaban J connectivity index is 1.21. The molecule has 39 heavy (non-hydrogen) atoms. The first-order chi connectivity index (χ1) is 19.3. The summed E-state index contributed by atoms with van der Waals surface area (Å²) in [5, 5.41) is 0. The fourth-order valence-electron chi connectivity index (χ4n) is 3.97. The fourth-order valence-corrected chi connectivity index (χ4v) is 3.97. The highest BCUT2D eigenvalue weighted by Gasteiger charge is 2.30. The number of ether oxygens (including phenoxy) is 2. The Morgan fingerprint density at radius 3 is 2.38 bits per heavy atom. The largest absolute Gasteiger partial charge is 0.442 e. The third-order valence-electron chi connectivity index (χ3n) is 5.84. The topological polar surface area (TPSA) is 128 Å². The van der Waals surface area contributed by atoms with Crippen LogP contribution in [0.15, 0.2) is 60.4 Å². The number of hydrogen-bond acceptors (Lipinski definition) is 12. The van der Waals surface area contributed by atoms with Crippen LogP contribution in [0.1, 0.15) is 11.1 Å². The van der Waals surface area contributed by atoms with Gasteiger partial charge in [0.05, 0.1) is 44.2 Å². The van der Waals surface area contributed by atoms with E-state index in [1.807, 2.05) is 12.1 Å². The molecule has 0 amide bonds. The average molecular weight is 532 g/mol. The SMILES string of the molecule is FCCOCCOC[C@H]1CN(c2ncc(C#Cc3ccc(-c4cnco4)nc3)cn2)CCN1c1ncncn1. The summed E-state index contributed by atoms with van der Waals surface area (Å²) in [5.74, 6) is 7.94. The van der Waals surface area contributed by atoms with E-state index in [1.54, 1.807) is 24.8 Å². The Kier molecular flexibility index (Phi) is 8.90. The Morgan fingerprint density at radius 2 is 1.64 bits per heavy atom. The molecular weight excluding hydrogens is 505 g/mol. The van der Waals surface area contributed by atoms with Crippen molar-refractivity contribution < 1.29 is 18.3 Å². The van der Waals surface area contributed by atoms with Gasteiger partial charge in [0.25, 0.3) is 0 Å². The van der Waals surface area contributed by atoms with Gasteiger partial charge in [0.2, 0.25) is 11.9 Å². The lowest BCUT2D eigenvalue weighted by molar-refractivity contribution is 0.0371. The molecule has 4 aromatic heterocycles. The van der Waals surface area contributed by atoms with Gasteiger partial charge in [-0.15, -0.1) is 0 Å². The monoisotopic (exact) mass is 531 g/mol. The Bertz CT molecular complexity index is 1350. The minimum Gasteiger partial charge on any atom is -0.442 e. The third-order valence-corrected chi connectivity index (χ3v) is 5.84. The molecule has 0 unspecified atom stereocenters. The van der Waals surface area contributed by atoms with E-state index in [0.717, 1.165) is 5.56 Å². The number of piperazine rings is 1. The second kappa shape index (κ2) is 13.3. The molecule has 5 heterocycles. The smallest absolute Gasteiger partial charge is 0.228 e. The summed E-state index contributed by atoms with van der Waals surface area (Å²) in [4.78, 5) is 34.0. The predicted octanol–water partition coefficient (Wildman–Crippen LogP) is 1.81. The number of hydrogen-bond donors (Lipinski definition) is 0. The number of rotatable bonds is 10. The highest BCUT2D eigenvalue weighted by atomic mass is 19.1. The second-order valence-corrected chi connectivity index (χ2v) is 8.43. The van der Waals surface area contributed by atoms with E-state index in [1.165, 1.54) is 19.0 Å². The molecule has 0 N–H and O–H groups in total. The van der Waals surface area contributed by atoms with E-state index in [-0.39, 0.29) is 12.6 Å². The second-order valence-electron chi connectivity index (χ2n) is 8.43. The van der Waals surface area contributed by atoms with Gasteiger partial charge >= 0.3 is 0 Å². The van der Waals surface area contributed by atoms with Crippen LogP contribution in [0.25, 0.3) is 11.5 Å². The summed E-state index contributed by atoms with van der Waals surface area (Å²) >= 11 is 0. The highest BCUT2D eigenvalue weighted by molar-refractivity contribution is 5.52. The molecule has 4 aromatic rings. The van der Waals surface area contributed by atoms with Gasteiger partial charge in [-0.3, -0.25) is 4.98 Å². The number of pyridine rings is 1. The van der Waals surface area contributed by atoms with Crippen LogP contribution in [0, 0.1) is 11.8 Å². The maximum Gasteiger partial charge on any atom is 0.228 e. The van der Waals surface area contributed by atoms with E-state index < -0.39 is 6.67 Å². The lowest BCUT2D eigenvalue weighted by Crippen LogP contribution is -2.56. The van der Waals surface area contributed by atoms with Gasteiger partial charge in [0.15, 0.2) is 12.2 Å². The van der Waals surface area contributed by atoms with E-state index in [2.05, 4.69) is 56.5 Å². The molecule has 0 radical (unpaired) electrons. The fraction of sp³-hybridized carbons (Fsp3) is 0.346. The quantitative estimate of drug-likeness (QED) is 0.219. The van der Waals surface area contributed by atoms with Crippen molar-refractivity contribution >= 4 is 11.9 Å². The van der Waals surface area contributed by atoms with Crippen molar-refractivity contribution in [2.45, 2.75) is 6.04 Å². The average Bonchev–Trinajstić information content (AvgIpc) is 3.54. The van der Waals surface area contributed by atoms with Crippen LogP contribution in [0.3, 0.4) is 0 Å². The van der Waals surface area contributed by atoms with Crippen molar-refractivity contribution in [3.05, 3.63) is 67.1 Å². The lowest BCUT2D eigenvalue weighted by Gasteiger charge is -2.41. The zero-order valence-corrected chi connectivity index (χ0v) is 21.1. The van der Waals surface area contributed by atoms with E-state index in [0.29, 0.717) is 68.4 Å². The molecule has 0 spiro atoms. The van der Waals surface area contributed by atoms with Crippen molar-refractivity contribution in [1.82, 2.24) is 34.9 Å². The standard InChI is InChI=1S/C26H26FN9O3/c27-5-8-37-9-10-38-16-22-15-35(6-7-36(22)26-33-17-29-18-34-26)25-31-12-21(13-32-25)2-1-20-3-4-23(30-11-20)24-14-28-19-39-24/h3-4,11-14,17-19,22H,5-10,15-16H2/t22-/m1/s1. The molecule has 1 aliphatic rings. The van der Waals surface area contributed by atoms with Gasteiger partial charge in [-0.2, -0.15) is 0 Å². The Labute approximate surface area is 224 Å². The minimum absolute atomic E-state index is 0.0576. The zero-order valence-electron chi connectivity index (χ0n) is 21.1. The van der Waals surface area contributed by atoms with Crippen molar-refractivity contribution in [3.8, 4) is 23.3 Å². The number of aromatic nitrogens is 7. The molecular formula is C26H26FN9O3. The van der Waals surface area contributed by atoms with E-state index >= 15 is 0 Å². The van der Waals surface area contributed by atoms with Crippen molar-refractivity contribution in [2.75, 3.05) is 62.5 Å². The predicted molar refractivity (Wildman–Crippen MR) is 139 cm³/mol. The van der Waals surface area contributed by atoms with Gasteiger partial charge < -0.3 is 23.7 Å². The highest BCUT2D eigenvalue weighted by Crippen LogP contribution is 2.20. The van der Waals surface area contributed by atoms with Crippen LogP contribution in [0.4, 0.5) is 16.3 Å². The number of halogens is 1. The normalized spacial score (nSPS) is 15.2. The first-order valence-electron chi connectivity index (χ1n) is 12.3. The van der Waals surface area contributed by atoms with Crippen molar-refractivity contribution in [3.63, 3.8) is 0 Å². The zero-order chi connectivity index (χ0) is 26.7. The summed E-state index contributed by atoms with van der Waals surface area (Å²) in [6.45, 7) is 2.60.